The summed E-state index contributed by atoms with van der Waals surface area (Å²) < 4.78 is 12.0. The smallest absolute Gasteiger partial charge is 0.169 e. The van der Waals surface area contributed by atoms with E-state index in [0.717, 1.165) is 22.6 Å². The van der Waals surface area contributed by atoms with Gasteiger partial charge < -0.3 is 9.15 Å². The van der Waals surface area contributed by atoms with Gasteiger partial charge in [-0.1, -0.05) is 28.1 Å². The molecule has 1 aliphatic heterocycles. The van der Waals surface area contributed by atoms with Gasteiger partial charge in [-0.15, -0.1) is 0 Å². The second-order valence-corrected chi connectivity index (χ2v) is 6.20. The Balaban J connectivity index is 1.91. The van der Waals surface area contributed by atoms with Crippen LogP contribution in [0.1, 0.15) is 28.6 Å². The number of furan rings is 1. The van der Waals surface area contributed by atoms with Crippen LogP contribution in [0, 0.1) is 0 Å². The highest BCUT2D eigenvalue weighted by atomic mass is 79.9. The standard InChI is InChI=1S/C14H12Br2O2/c1-8-6-10-7-9(2-3-11(10)17-8)14(16)12-4-5-13(15)18-12/h2-5,7-8,14H,6H2,1H3. The summed E-state index contributed by atoms with van der Waals surface area (Å²) in [6.45, 7) is 2.09. The maximum atomic E-state index is 5.71. The molecular formula is C14H12Br2O2. The molecule has 0 N–H and O–H groups in total. The van der Waals surface area contributed by atoms with E-state index < -0.39 is 0 Å². The van der Waals surface area contributed by atoms with Crippen LogP contribution in [-0.4, -0.2) is 6.10 Å². The summed E-state index contributed by atoms with van der Waals surface area (Å²) in [5, 5.41) is 0. The quantitative estimate of drug-likeness (QED) is 0.704. The lowest BCUT2D eigenvalue weighted by atomic mass is 10.0. The van der Waals surface area contributed by atoms with Crippen molar-refractivity contribution >= 4 is 31.9 Å². The van der Waals surface area contributed by atoms with Gasteiger partial charge >= 0.3 is 0 Å². The van der Waals surface area contributed by atoms with Gasteiger partial charge in [0.25, 0.3) is 0 Å². The van der Waals surface area contributed by atoms with Crippen molar-refractivity contribution in [3.8, 4) is 5.75 Å². The third-order valence-corrected chi connectivity index (χ3v) is 4.46. The van der Waals surface area contributed by atoms with Crippen molar-refractivity contribution in [3.05, 3.63) is 51.9 Å². The van der Waals surface area contributed by atoms with Crippen LogP contribution in [0.2, 0.25) is 0 Å². The summed E-state index contributed by atoms with van der Waals surface area (Å²) in [6.07, 6.45) is 1.26. The molecule has 0 radical (unpaired) electrons. The van der Waals surface area contributed by atoms with Crippen LogP contribution in [-0.2, 0) is 6.42 Å². The van der Waals surface area contributed by atoms with Gasteiger partial charge in [0.1, 0.15) is 17.6 Å². The predicted octanol–water partition coefficient (Wildman–Crippen LogP) is 4.85. The largest absolute Gasteiger partial charge is 0.490 e. The Morgan fingerprint density at radius 2 is 2.11 bits per heavy atom. The van der Waals surface area contributed by atoms with Gasteiger partial charge in [-0.3, -0.25) is 0 Å². The number of alkyl halides is 1. The first kappa shape index (κ1) is 12.3. The number of halogens is 2. The molecule has 0 aliphatic carbocycles. The number of rotatable bonds is 2. The van der Waals surface area contributed by atoms with Crippen molar-refractivity contribution in [2.75, 3.05) is 0 Å². The molecule has 1 aromatic heterocycles. The average molecular weight is 372 g/mol. The molecule has 94 valence electrons. The lowest BCUT2D eigenvalue weighted by Crippen LogP contribution is -2.05. The van der Waals surface area contributed by atoms with Gasteiger partial charge in [0.2, 0.25) is 0 Å². The lowest BCUT2D eigenvalue weighted by molar-refractivity contribution is 0.254. The molecule has 0 saturated heterocycles. The minimum absolute atomic E-state index is 0.0741. The Morgan fingerprint density at radius 1 is 1.28 bits per heavy atom. The van der Waals surface area contributed by atoms with Crippen LogP contribution in [0.15, 0.2) is 39.4 Å². The van der Waals surface area contributed by atoms with Crippen molar-refractivity contribution < 1.29 is 9.15 Å². The zero-order chi connectivity index (χ0) is 12.7. The molecule has 2 aromatic rings. The van der Waals surface area contributed by atoms with Gasteiger partial charge in [-0.2, -0.15) is 0 Å². The monoisotopic (exact) mass is 370 g/mol. The Hall–Kier alpha value is -0.740. The molecule has 2 heterocycles. The zero-order valence-electron chi connectivity index (χ0n) is 9.82. The van der Waals surface area contributed by atoms with E-state index in [2.05, 4.69) is 50.9 Å². The number of hydrogen-bond donors (Lipinski definition) is 0. The van der Waals surface area contributed by atoms with Crippen molar-refractivity contribution in [1.82, 2.24) is 0 Å². The highest BCUT2D eigenvalue weighted by Crippen LogP contribution is 2.37. The fraction of sp³-hybridized carbons (Fsp3) is 0.286. The van der Waals surface area contributed by atoms with Gasteiger partial charge in [-0.05, 0) is 52.2 Å². The third kappa shape index (κ3) is 2.24. The molecule has 0 spiro atoms. The van der Waals surface area contributed by atoms with E-state index in [1.807, 2.05) is 18.2 Å². The molecule has 2 atom stereocenters. The SMILES string of the molecule is CC1Cc2cc(C(Br)c3ccc(Br)o3)ccc2O1. The topological polar surface area (TPSA) is 22.4 Å². The summed E-state index contributed by atoms with van der Waals surface area (Å²) in [5.41, 5.74) is 2.46. The van der Waals surface area contributed by atoms with Gasteiger partial charge in [0, 0.05) is 6.42 Å². The summed E-state index contributed by atoms with van der Waals surface area (Å²) in [4.78, 5) is 0.0741. The second-order valence-electron chi connectivity index (χ2n) is 4.50. The van der Waals surface area contributed by atoms with Crippen LogP contribution >= 0.6 is 31.9 Å². The van der Waals surface area contributed by atoms with Crippen molar-refractivity contribution in [2.24, 2.45) is 0 Å². The van der Waals surface area contributed by atoms with Crippen molar-refractivity contribution in [1.29, 1.82) is 0 Å². The first-order chi connectivity index (χ1) is 8.63. The van der Waals surface area contributed by atoms with Crippen LogP contribution in [0.25, 0.3) is 0 Å². The van der Waals surface area contributed by atoms with Crippen LogP contribution in [0.5, 0.6) is 5.75 Å². The minimum Gasteiger partial charge on any atom is -0.490 e. The Bertz CT molecular complexity index is 577. The molecular weight excluding hydrogens is 360 g/mol. The zero-order valence-corrected chi connectivity index (χ0v) is 13.0. The molecule has 2 nitrogen and oxygen atoms in total. The third-order valence-electron chi connectivity index (χ3n) is 3.06. The molecule has 0 saturated carbocycles. The Morgan fingerprint density at radius 3 is 2.83 bits per heavy atom. The maximum Gasteiger partial charge on any atom is 0.169 e. The lowest BCUT2D eigenvalue weighted by Gasteiger charge is -2.09. The van der Waals surface area contributed by atoms with Crippen molar-refractivity contribution in [3.63, 3.8) is 0 Å². The van der Waals surface area contributed by atoms with E-state index in [1.54, 1.807) is 0 Å². The molecule has 2 unspecified atom stereocenters. The minimum atomic E-state index is 0.0741. The summed E-state index contributed by atoms with van der Waals surface area (Å²) in [5.74, 6) is 1.90. The van der Waals surface area contributed by atoms with Gasteiger partial charge in [-0.25, -0.2) is 0 Å². The average Bonchev–Trinajstić information content (AvgIpc) is 2.92. The fourth-order valence-corrected chi connectivity index (χ4v) is 3.08. The van der Waals surface area contributed by atoms with E-state index >= 15 is 0 Å². The summed E-state index contributed by atoms with van der Waals surface area (Å²) in [7, 11) is 0. The van der Waals surface area contributed by atoms with Crippen LogP contribution < -0.4 is 4.74 Å². The van der Waals surface area contributed by atoms with E-state index in [1.165, 1.54) is 11.1 Å². The van der Waals surface area contributed by atoms with Crippen LogP contribution in [0.4, 0.5) is 0 Å². The summed E-state index contributed by atoms with van der Waals surface area (Å²) in [6, 6.07) is 10.2. The summed E-state index contributed by atoms with van der Waals surface area (Å²) >= 11 is 7.00. The van der Waals surface area contributed by atoms with Crippen molar-refractivity contribution in [2.45, 2.75) is 24.3 Å². The Kier molecular flexibility index (Phi) is 3.24. The fourth-order valence-electron chi connectivity index (χ4n) is 2.23. The molecule has 1 aliphatic rings. The highest BCUT2D eigenvalue weighted by molar-refractivity contribution is 9.10. The first-order valence-corrected chi connectivity index (χ1v) is 7.53. The maximum absolute atomic E-state index is 5.71. The number of hydrogen-bond acceptors (Lipinski definition) is 2. The van der Waals surface area contributed by atoms with Gasteiger partial charge in [0.15, 0.2) is 4.67 Å². The first-order valence-electron chi connectivity index (χ1n) is 5.82. The molecule has 3 rings (SSSR count). The Labute approximate surface area is 123 Å². The molecule has 18 heavy (non-hydrogen) atoms. The highest BCUT2D eigenvalue weighted by Gasteiger charge is 2.21. The second kappa shape index (κ2) is 4.74. The number of fused-ring (bicyclic) bond motifs is 1. The molecule has 0 fully saturated rings. The van der Waals surface area contributed by atoms with Crippen LogP contribution in [0.3, 0.4) is 0 Å². The van der Waals surface area contributed by atoms with E-state index in [9.17, 15) is 0 Å². The molecule has 1 aromatic carbocycles. The van der Waals surface area contributed by atoms with E-state index in [0.29, 0.717) is 0 Å². The normalized spacial score (nSPS) is 19.4. The molecule has 0 bridgehead atoms. The van der Waals surface area contributed by atoms with Gasteiger partial charge in [0.05, 0.1) is 4.83 Å². The predicted molar refractivity (Wildman–Crippen MR) is 77.4 cm³/mol. The molecule has 0 amide bonds. The molecule has 4 heteroatoms. The van der Waals surface area contributed by atoms with E-state index in [-0.39, 0.29) is 10.9 Å². The number of ether oxygens (including phenoxy) is 1. The number of benzene rings is 1. The van der Waals surface area contributed by atoms with E-state index in [4.69, 9.17) is 9.15 Å².